The molecule has 36 heavy (non-hydrogen) atoms. The average Bonchev–Trinajstić information content (AvgIpc) is 3.27. The summed E-state index contributed by atoms with van der Waals surface area (Å²) in [7, 11) is -0.213. The Balaban J connectivity index is 1.57. The zero-order valence-electron chi connectivity index (χ0n) is 20.3. The number of likely N-dealkylation sites (N-methyl/N-ethyl adjacent to an activating group) is 1. The minimum Gasteiger partial charge on any atom is -0.492 e. The van der Waals surface area contributed by atoms with Gasteiger partial charge in [0.15, 0.2) is 0 Å². The van der Waals surface area contributed by atoms with Crippen LogP contribution in [-0.4, -0.2) is 63.2 Å². The molecule has 10 nitrogen and oxygen atoms in total. The molecule has 0 radical (unpaired) electrons. The van der Waals surface area contributed by atoms with Crippen molar-refractivity contribution in [1.29, 1.82) is 0 Å². The molecule has 0 amide bonds. The Morgan fingerprint density at radius 2 is 1.97 bits per heavy atom. The number of halogens is 1. The number of ether oxygens (including phenoxy) is 2. The molecule has 3 aromatic rings. The molecule has 4 rings (SSSR count). The lowest BCUT2D eigenvalue weighted by Gasteiger charge is -2.17. The monoisotopic (exact) mass is 576 g/mol. The zero-order chi connectivity index (χ0) is 25.7. The van der Waals surface area contributed by atoms with E-state index in [1.54, 1.807) is 24.4 Å². The maximum Gasteiger partial charge on any atom is 0.242 e. The fourth-order valence-corrected chi connectivity index (χ4v) is 4.99. The number of aromatic nitrogens is 2. The fourth-order valence-electron chi connectivity index (χ4n) is 3.81. The van der Waals surface area contributed by atoms with E-state index in [4.69, 9.17) is 9.47 Å². The first-order chi connectivity index (χ1) is 17.3. The molecule has 0 bridgehead atoms. The maximum absolute atomic E-state index is 12.4. The number of sulfonamides is 1. The van der Waals surface area contributed by atoms with Crippen LogP contribution in [-0.2, 0) is 10.0 Å². The van der Waals surface area contributed by atoms with Crippen molar-refractivity contribution < 1.29 is 17.9 Å². The van der Waals surface area contributed by atoms with Crippen LogP contribution in [0.25, 0.3) is 0 Å². The molecule has 1 aliphatic heterocycles. The van der Waals surface area contributed by atoms with Gasteiger partial charge < -0.3 is 25.0 Å². The average molecular weight is 578 g/mol. The molecule has 12 heteroatoms. The lowest BCUT2D eigenvalue weighted by atomic mass is 10.2. The molecule has 1 fully saturated rings. The van der Waals surface area contributed by atoms with Gasteiger partial charge in [0.2, 0.25) is 16.0 Å². The third kappa shape index (κ3) is 6.25. The highest BCUT2D eigenvalue weighted by Crippen LogP contribution is 2.34. The van der Waals surface area contributed by atoms with Crippen LogP contribution in [0.4, 0.5) is 23.1 Å². The predicted molar refractivity (Wildman–Crippen MR) is 143 cm³/mol. The standard InChI is InChI=1S/C24H29BrN6O4S/c1-4-34-21-13-16(35-17-11-12-31(3)15-17)9-10-19(21)29-24-27-14-18(25)23(30-24)28-20-7-5-6-8-22(20)36(32,33)26-2/h5-10,13-14,17,26H,4,11-12,15H2,1-3H3,(H2,27,28,29,30)/t17-/m1/s1. The third-order valence-electron chi connectivity index (χ3n) is 5.59. The van der Waals surface area contributed by atoms with Crippen molar-refractivity contribution in [2.45, 2.75) is 24.3 Å². The Bertz CT molecular complexity index is 1320. The number of nitrogens with one attached hydrogen (secondary N) is 3. The van der Waals surface area contributed by atoms with Crippen LogP contribution in [0.2, 0.25) is 0 Å². The first-order valence-electron chi connectivity index (χ1n) is 11.5. The molecule has 2 aromatic carbocycles. The molecule has 192 valence electrons. The third-order valence-corrected chi connectivity index (χ3v) is 7.65. The molecular formula is C24H29BrN6O4S. The van der Waals surface area contributed by atoms with Gasteiger partial charge in [-0.2, -0.15) is 4.98 Å². The van der Waals surface area contributed by atoms with Gasteiger partial charge in [-0.25, -0.2) is 18.1 Å². The lowest BCUT2D eigenvalue weighted by Crippen LogP contribution is -2.21. The predicted octanol–water partition coefficient (Wildman–Crippen LogP) is 4.12. The molecule has 0 saturated carbocycles. The van der Waals surface area contributed by atoms with Gasteiger partial charge in [0.25, 0.3) is 0 Å². The minimum atomic E-state index is -3.67. The van der Waals surface area contributed by atoms with Crippen molar-refractivity contribution in [2.75, 3.05) is 44.4 Å². The molecule has 1 aromatic heterocycles. The second-order valence-electron chi connectivity index (χ2n) is 8.23. The number of rotatable bonds is 10. The Morgan fingerprint density at radius 1 is 1.17 bits per heavy atom. The van der Waals surface area contributed by atoms with Crippen molar-refractivity contribution in [2.24, 2.45) is 0 Å². The highest BCUT2D eigenvalue weighted by atomic mass is 79.9. The maximum atomic E-state index is 12.4. The molecule has 2 heterocycles. The SMILES string of the molecule is CCOc1cc(O[C@@H]2CCN(C)C2)ccc1Nc1ncc(Br)c(Nc2ccccc2S(=O)(=O)NC)n1. The number of hydrogen-bond donors (Lipinski definition) is 3. The second-order valence-corrected chi connectivity index (χ2v) is 10.9. The summed E-state index contributed by atoms with van der Waals surface area (Å²) in [5.74, 6) is 2.06. The van der Waals surface area contributed by atoms with Crippen LogP contribution in [0, 0.1) is 0 Å². The van der Waals surface area contributed by atoms with Crippen LogP contribution in [0.15, 0.2) is 58.0 Å². The van der Waals surface area contributed by atoms with Gasteiger partial charge in [0, 0.05) is 25.4 Å². The van der Waals surface area contributed by atoms with Crippen molar-refractivity contribution in [3.8, 4) is 11.5 Å². The number of anilines is 4. The first kappa shape index (κ1) is 26.1. The number of hydrogen-bond acceptors (Lipinski definition) is 9. The van der Waals surface area contributed by atoms with E-state index in [2.05, 4.69) is 53.2 Å². The quantitative estimate of drug-likeness (QED) is 0.327. The molecule has 0 unspecified atom stereocenters. The Kier molecular flexibility index (Phi) is 8.29. The van der Waals surface area contributed by atoms with Gasteiger partial charge in [-0.15, -0.1) is 0 Å². The topological polar surface area (TPSA) is 118 Å². The van der Waals surface area contributed by atoms with Crippen LogP contribution >= 0.6 is 15.9 Å². The summed E-state index contributed by atoms with van der Waals surface area (Å²) in [6.07, 6.45) is 2.73. The van der Waals surface area contributed by atoms with E-state index in [0.717, 1.165) is 25.3 Å². The van der Waals surface area contributed by atoms with E-state index in [9.17, 15) is 8.42 Å². The van der Waals surface area contributed by atoms with E-state index in [0.29, 0.717) is 40.0 Å². The van der Waals surface area contributed by atoms with Crippen molar-refractivity contribution in [1.82, 2.24) is 19.6 Å². The van der Waals surface area contributed by atoms with Crippen LogP contribution in [0.5, 0.6) is 11.5 Å². The van der Waals surface area contributed by atoms with Crippen molar-refractivity contribution >= 4 is 49.1 Å². The summed E-state index contributed by atoms with van der Waals surface area (Å²) in [6.45, 7) is 4.31. The van der Waals surface area contributed by atoms with E-state index in [-0.39, 0.29) is 11.0 Å². The van der Waals surface area contributed by atoms with E-state index in [1.807, 2.05) is 25.1 Å². The highest BCUT2D eigenvalue weighted by molar-refractivity contribution is 9.10. The first-order valence-corrected chi connectivity index (χ1v) is 13.8. The summed E-state index contributed by atoms with van der Waals surface area (Å²) >= 11 is 3.44. The minimum absolute atomic E-state index is 0.107. The van der Waals surface area contributed by atoms with E-state index < -0.39 is 10.0 Å². The fraction of sp³-hybridized carbons (Fsp3) is 0.333. The molecule has 0 spiro atoms. The summed E-state index contributed by atoms with van der Waals surface area (Å²) in [5, 5.41) is 6.28. The van der Waals surface area contributed by atoms with E-state index >= 15 is 0 Å². The summed E-state index contributed by atoms with van der Waals surface area (Å²) in [6, 6.07) is 12.2. The molecule has 1 aliphatic rings. The summed E-state index contributed by atoms with van der Waals surface area (Å²) < 4.78 is 39.7. The Morgan fingerprint density at radius 3 is 2.69 bits per heavy atom. The number of para-hydroxylation sites is 1. The smallest absolute Gasteiger partial charge is 0.242 e. The van der Waals surface area contributed by atoms with Gasteiger partial charge in [0.1, 0.15) is 28.3 Å². The van der Waals surface area contributed by atoms with Gasteiger partial charge in [0.05, 0.1) is 22.5 Å². The van der Waals surface area contributed by atoms with Crippen LogP contribution in [0.3, 0.4) is 0 Å². The Labute approximate surface area is 219 Å². The number of likely N-dealkylation sites (tertiary alicyclic amines) is 1. The van der Waals surface area contributed by atoms with E-state index in [1.165, 1.54) is 13.1 Å². The molecular weight excluding hydrogens is 548 g/mol. The molecule has 3 N–H and O–H groups in total. The van der Waals surface area contributed by atoms with Crippen molar-refractivity contribution in [3.05, 3.63) is 53.1 Å². The van der Waals surface area contributed by atoms with Crippen molar-refractivity contribution in [3.63, 3.8) is 0 Å². The second kappa shape index (κ2) is 11.4. The highest BCUT2D eigenvalue weighted by Gasteiger charge is 2.22. The lowest BCUT2D eigenvalue weighted by molar-refractivity contribution is 0.207. The zero-order valence-corrected chi connectivity index (χ0v) is 22.7. The summed E-state index contributed by atoms with van der Waals surface area (Å²) in [5.41, 5.74) is 1.06. The normalized spacial score (nSPS) is 16.1. The Hall–Kier alpha value is -2.93. The molecule has 1 atom stereocenters. The number of nitrogens with zero attached hydrogens (tertiary/aromatic N) is 3. The van der Waals surface area contributed by atoms with Crippen LogP contribution in [0.1, 0.15) is 13.3 Å². The van der Waals surface area contributed by atoms with Gasteiger partial charge >= 0.3 is 0 Å². The van der Waals surface area contributed by atoms with Gasteiger partial charge in [-0.1, -0.05) is 12.1 Å². The molecule has 0 aliphatic carbocycles. The largest absolute Gasteiger partial charge is 0.492 e. The van der Waals surface area contributed by atoms with Gasteiger partial charge in [-0.05, 0) is 67.6 Å². The number of benzene rings is 2. The van der Waals surface area contributed by atoms with Gasteiger partial charge in [-0.3, -0.25) is 0 Å². The van der Waals surface area contributed by atoms with Crippen LogP contribution < -0.4 is 24.8 Å². The summed E-state index contributed by atoms with van der Waals surface area (Å²) in [4.78, 5) is 11.2. The molecule has 1 saturated heterocycles.